The van der Waals surface area contributed by atoms with E-state index in [1.165, 1.54) is 24.8 Å². The molecule has 15 heavy (non-hydrogen) atoms. The van der Waals surface area contributed by atoms with Crippen LogP contribution >= 0.6 is 0 Å². The maximum Gasteiger partial charge on any atom is 0.0343 e. The molecule has 0 aromatic carbocycles. The Balaban J connectivity index is 2.36. The van der Waals surface area contributed by atoms with Crippen molar-refractivity contribution >= 4 is 0 Å². The average molecular weight is 203 g/mol. The molecule has 82 valence electrons. The van der Waals surface area contributed by atoms with Gasteiger partial charge in [0.1, 0.15) is 0 Å². The van der Waals surface area contributed by atoms with Crippen LogP contribution in [0.15, 0.2) is 48.2 Å². The first-order valence-electron chi connectivity index (χ1n) is 5.73. The zero-order valence-electron chi connectivity index (χ0n) is 9.68. The molecule has 0 amide bonds. The van der Waals surface area contributed by atoms with Crippen LogP contribution in [0.25, 0.3) is 0 Å². The second kappa shape index (κ2) is 6.28. The largest absolute Gasteiger partial charge is 0.385 e. The van der Waals surface area contributed by atoms with Gasteiger partial charge in [-0.2, -0.15) is 0 Å². The molecule has 1 heteroatoms. The van der Waals surface area contributed by atoms with Gasteiger partial charge < -0.3 is 5.32 Å². The van der Waals surface area contributed by atoms with Crippen LogP contribution in [0.3, 0.4) is 0 Å². The summed E-state index contributed by atoms with van der Waals surface area (Å²) < 4.78 is 0. The van der Waals surface area contributed by atoms with Crippen molar-refractivity contribution in [3.05, 3.63) is 48.2 Å². The Hall–Kier alpha value is -1.24. The van der Waals surface area contributed by atoms with Gasteiger partial charge in [0.2, 0.25) is 0 Å². The minimum absolute atomic E-state index is 0.946. The second-order valence-corrected chi connectivity index (χ2v) is 3.93. The molecule has 0 fully saturated rings. The summed E-state index contributed by atoms with van der Waals surface area (Å²) in [5.74, 6) is 0. The van der Waals surface area contributed by atoms with Gasteiger partial charge in [-0.25, -0.2) is 0 Å². The highest BCUT2D eigenvalue weighted by Gasteiger charge is 2.07. The number of rotatable bonds is 6. The first-order chi connectivity index (χ1) is 7.25. The van der Waals surface area contributed by atoms with E-state index in [9.17, 15) is 0 Å². The minimum Gasteiger partial charge on any atom is -0.385 e. The highest BCUT2D eigenvalue weighted by molar-refractivity contribution is 5.48. The lowest BCUT2D eigenvalue weighted by atomic mass is 9.97. The fourth-order valence-electron chi connectivity index (χ4n) is 1.63. The normalized spacial score (nSPS) is 15.0. The molecule has 0 heterocycles. The molecule has 0 bridgehead atoms. The molecular formula is C14H21N. The van der Waals surface area contributed by atoms with Gasteiger partial charge in [-0.3, -0.25) is 0 Å². The fraction of sp³-hybridized carbons (Fsp3) is 0.429. The maximum absolute atomic E-state index is 4.05. The molecule has 0 aliphatic heterocycles. The third-order valence-electron chi connectivity index (χ3n) is 2.59. The summed E-state index contributed by atoms with van der Waals surface area (Å²) in [5, 5.41) is 3.36. The van der Waals surface area contributed by atoms with Gasteiger partial charge in [0.15, 0.2) is 0 Å². The van der Waals surface area contributed by atoms with Gasteiger partial charge in [-0.05, 0) is 24.0 Å². The van der Waals surface area contributed by atoms with Gasteiger partial charge in [0.05, 0.1) is 0 Å². The van der Waals surface area contributed by atoms with Crippen LogP contribution in [0.4, 0.5) is 0 Å². The van der Waals surface area contributed by atoms with Crippen molar-refractivity contribution in [3.63, 3.8) is 0 Å². The van der Waals surface area contributed by atoms with E-state index in [1.54, 1.807) is 0 Å². The minimum atomic E-state index is 0.946. The smallest absolute Gasteiger partial charge is 0.0343 e. The van der Waals surface area contributed by atoms with Gasteiger partial charge in [-0.15, -0.1) is 0 Å². The molecule has 1 N–H and O–H groups in total. The summed E-state index contributed by atoms with van der Waals surface area (Å²) in [6.07, 6.45) is 11.0. The highest BCUT2D eigenvalue weighted by atomic mass is 14.9. The van der Waals surface area contributed by atoms with E-state index in [4.69, 9.17) is 0 Å². The lowest BCUT2D eigenvalue weighted by Gasteiger charge is -2.16. The molecule has 0 saturated heterocycles. The standard InChI is InChI=1S/C14H21N/c1-4-5-8-11-15-13(3)14-10-7-6-9-12(14)2/h6-7,10,15H,2-5,8-9,11H2,1H3. The van der Waals surface area contributed by atoms with Crippen LogP contribution in [0.5, 0.6) is 0 Å². The van der Waals surface area contributed by atoms with E-state index in [-0.39, 0.29) is 0 Å². The third kappa shape index (κ3) is 3.78. The number of allylic oxidation sites excluding steroid dienone is 4. The zero-order valence-corrected chi connectivity index (χ0v) is 9.68. The van der Waals surface area contributed by atoms with Crippen LogP contribution in [0, 0.1) is 0 Å². The SMILES string of the molecule is C=C1CC=CC=C1C(=C)NCCCCC. The molecule has 1 aliphatic rings. The number of hydrogen-bond acceptors (Lipinski definition) is 1. The molecule has 1 nitrogen and oxygen atoms in total. The van der Waals surface area contributed by atoms with Crippen molar-refractivity contribution in [3.8, 4) is 0 Å². The molecule has 0 radical (unpaired) electrons. The summed E-state index contributed by atoms with van der Waals surface area (Å²) >= 11 is 0. The van der Waals surface area contributed by atoms with E-state index < -0.39 is 0 Å². The van der Waals surface area contributed by atoms with E-state index in [0.717, 1.165) is 24.2 Å². The van der Waals surface area contributed by atoms with E-state index in [0.29, 0.717) is 0 Å². The summed E-state index contributed by atoms with van der Waals surface area (Å²) in [5.41, 5.74) is 3.35. The monoisotopic (exact) mass is 203 g/mol. The second-order valence-electron chi connectivity index (χ2n) is 3.93. The molecule has 0 spiro atoms. The first kappa shape index (κ1) is 11.8. The van der Waals surface area contributed by atoms with Gasteiger partial charge in [-0.1, -0.05) is 51.2 Å². The molecule has 0 atom stereocenters. The van der Waals surface area contributed by atoms with Crippen molar-refractivity contribution in [1.82, 2.24) is 5.32 Å². The third-order valence-corrected chi connectivity index (χ3v) is 2.59. The summed E-state index contributed by atoms with van der Waals surface area (Å²) in [4.78, 5) is 0. The van der Waals surface area contributed by atoms with E-state index in [1.807, 2.05) is 0 Å². The molecular weight excluding hydrogens is 182 g/mol. The summed E-state index contributed by atoms with van der Waals surface area (Å²) in [6, 6.07) is 0. The molecule has 1 rings (SSSR count). The predicted octanol–water partition coefficient (Wildman–Crippen LogP) is 3.72. The first-order valence-corrected chi connectivity index (χ1v) is 5.73. The van der Waals surface area contributed by atoms with Crippen LogP contribution in [0.1, 0.15) is 32.6 Å². The molecule has 0 aromatic rings. The Bertz CT molecular complexity index is 294. The van der Waals surface area contributed by atoms with Crippen molar-refractivity contribution < 1.29 is 0 Å². The Morgan fingerprint density at radius 2 is 2.27 bits per heavy atom. The van der Waals surface area contributed by atoms with Crippen molar-refractivity contribution in [2.75, 3.05) is 6.54 Å². The number of nitrogens with one attached hydrogen (secondary N) is 1. The maximum atomic E-state index is 4.05. The topological polar surface area (TPSA) is 12.0 Å². The fourth-order valence-corrected chi connectivity index (χ4v) is 1.63. The Kier molecular flexibility index (Phi) is 4.96. The van der Waals surface area contributed by atoms with E-state index in [2.05, 4.69) is 43.6 Å². The molecule has 1 aliphatic carbocycles. The Morgan fingerprint density at radius 3 is 2.93 bits per heavy atom. The number of hydrogen-bond donors (Lipinski definition) is 1. The average Bonchev–Trinajstić information content (AvgIpc) is 2.25. The Morgan fingerprint density at radius 1 is 1.47 bits per heavy atom. The summed E-state index contributed by atoms with van der Waals surface area (Å²) in [7, 11) is 0. The van der Waals surface area contributed by atoms with E-state index >= 15 is 0 Å². The molecule has 0 aromatic heterocycles. The quantitative estimate of drug-likeness (QED) is 0.649. The highest BCUT2D eigenvalue weighted by Crippen LogP contribution is 2.21. The van der Waals surface area contributed by atoms with Gasteiger partial charge in [0, 0.05) is 12.2 Å². The predicted molar refractivity (Wildman–Crippen MR) is 67.6 cm³/mol. The van der Waals surface area contributed by atoms with Crippen molar-refractivity contribution in [2.45, 2.75) is 32.6 Å². The van der Waals surface area contributed by atoms with Gasteiger partial charge in [0.25, 0.3) is 0 Å². The lowest BCUT2D eigenvalue weighted by Crippen LogP contribution is -2.16. The molecule has 0 saturated carbocycles. The molecule has 0 unspecified atom stereocenters. The summed E-state index contributed by atoms with van der Waals surface area (Å²) in [6.45, 7) is 11.3. The van der Waals surface area contributed by atoms with Crippen LogP contribution in [-0.4, -0.2) is 6.54 Å². The lowest BCUT2D eigenvalue weighted by molar-refractivity contribution is 0.671. The van der Waals surface area contributed by atoms with Crippen molar-refractivity contribution in [2.24, 2.45) is 0 Å². The Labute approximate surface area is 93.3 Å². The van der Waals surface area contributed by atoms with Crippen LogP contribution in [0.2, 0.25) is 0 Å². The van der Waals surface area contributed by atoms with Crippen LogP contribution in [-0.2, 0) is 0 Å². The van der Waals surface area contributed by atoms with Crippen molar-refractivity contribution in [1.29, 1.82) is 0 Å². The number of unbranched alkanes of at least 4 members (excludes halogenated alkanes) is 2. The van der Waals surface area contributed by atoms with Crippen LogP contribution < -0.4 is 5.32 Å². The van der Waals surface area contributed by atoms with Gasteiger partial charge >= 0.3 is 0 Å². The zero-order chi connectivity index (χ0) is 11.1.